The number of para-hydroxylation sites is 2. The smallest absolute Gasteiger partial charge is 0.418 e. The third kappa shape index (κ3) is 5.34. The van der Waals surface area contributed by atoms with Gasteiger partial charge in [-0.05, 0) is 69.3 Å². The van der Waals surface area contributed by atoms with Crippen molar-refractivity contribution in [3.05, 3.63) is 94.5 Å². The van der Waals surface area contributed by atoms with Gasteiger partial charge in [0.15, 0.2) is 0 Å². The van der Waals surface area contributed by atoms with Crippen LogP contribution in [0.15, 0.2) is 77.6 Å². The normalized spacial score (nSPS) is 12.3. The highest BCUT2D eigenvalue weighted by molar-refractivity contribution is 5.90. The number of carbonyl (C=O) groups is 1. The van der Waals surface area contributed by atoms with Crippen molar-refractivity contribution < 1.29 is 22.7 Å². The van der Waals surface area contributed by atoms with Crippen molar-refractivity contribution in [2.75, 3.05) is 18.5 Å². The Balaban J connectivity index is 1.78. The minimum atomic E-state index is -4.64. The Kier molecular flexibility index (Phi) is 7.70. The number of benzene rings is 3. The molecule has 0 aliphatic heterocycles. The molecule has 1 unspecified atom stereocenters. The number of hydrogen-bond donors (Lipinski definition) is 1. The monoisotopic (exact) mass is 524 g/mol. The minimum Gasteiger partial charge on any atom is -0.494 e. The standard InChI is InChI=1S/C28H27F3N4O3/c1-4-34(27(37)33-24-13-9-7-11-22(24)28(29,30)31)18(3)25-32-23-12-8-6-10-21(23)26(36)35(25)19-14-16-20(17-15-19)38-5-2/h6-18H,4-5H2,1-3H3,(H,33,37). The van der Waals surface area contributed by atoms with Crippen LogP contribution in [0.1, 0.15) is 38.2 Å². The molecule has 10 heteroatoms. The average Bonchev–Trinajstić information content (AvgIpc) is 2.89. The van der Waals surface area contributed by atoms with Crippen LogP contribution in [0.25, 0.3) is 16.6 Å². The summed E-state index contributed by atoms with van der Waals surface area (Å²) < 4.78 is 47.4. The molecule has 0 saturated carbocycles. The number of nitrogens with zero attached hydrogens (tertiary/aromatic N) is 3. The molecule has 198 valence electrons. The van der Waals surface area contributed by atoms with E-state index in [-0.39, 0.29) is 23.6 Å². The summed E-state index contributed by atoms with van der Waals surface area (Å²) in [5.41, 5.74) is -0.684. The highest BCUT2D eigenvalue weighted by Gasteiger charge is 2.34. The Morgan fingerprint density at radius 2 is 1.68 bits per heavy atom. The van der Waals surface area contributed by atoms with E-state index in [1.807, 2.05) is 6.92 Å². The van der Waals surface area contributed by atoms with Crippen LogP contribution in [0.4, 0.5) is 23.7 Å². The number of aromatic nitrogens is 2. The van der Waals surface area contributed by atoms with Crippen molar-refractivity contribution >= 4 is 22.6 Å². The summed E-state index contributed by atoms with van der Waals surface area (Å²) in [6.45, 7) is 5.87. The zero-order valence-corrected chi connectivity index (χ0v) is 21.1. The van der Waals surface area contributed by atoms with Crippen LogP contribution >= 0.6 is 0 Å². The molecule has 0 fully saturated rings. The molecule has 0 aliphatic carbocycles. The summed E-state index contributed by atoms with van der Waals surface area (Å²) in [5.74, 6) is 0.893. The van der Waals surface area contributed by atoms with Crippen LogP contribution in [0.3, 0.4) is 0 Å². The van der Waals surface area contributed by atoms with Crippen LogP contribution in [-0.4, -0.2) is 33.6 Å². The second-order valence-electron chi connectivity index (χ2n) is 8.49. The quantitative estimate of drug-likeness (QED) is 0.303. The lowest BCUT2D eigenvalue weighted by Gasteiger charge is -2.30. The number of rotatable bonds is 7. The van der Waals surface area contributed by atoms with E-state index in [1.165, 1.54) is 27.7 Å². The molecular weight excluding hydrogens is 497 g/mol. The number of halogens is 3. The van der Waals surface area contributed by atoms with E-state index in [1.54, 1.807) is 62.4 Å². The molecule has 2 amide bonds. The maximum Gasteiger partial charge on any atom is 0.418 e. The van der Waals surface area contributed by atoms with Crippen LogP contribution in [0.5, 0.6) is 5.75 Å². The first kappa shape index (κ1) is 26.7. The van der Waals surface area contributed by atoms with Gasteiger partial charge in [0.05, 0.1) is 40.5 Å². The van der Waals surface area contributed by atoms with Gasteiger partial charge in [-0.1, -0.05) is 24.3 Å². The largest absolute Gasteiger partial charge is 0.494 e. The van der Waals surface area contributed by atoms with E-state index in [0.29, 0.717) is 28.9 Å². The maximum atomic E-state index is 13.6. The zero-order valence-electron chi connectivity index (χ0n) is 21.1. The number of nitrogens with one attached hydrogen (secondary N) is 1. The number of carbonyl (C=O) groups excluding carboxylic acids is 1. The Labute approximate surface area is 217 Å². The number of urea groups is 1. The molecule has 1 atom stereocenters. The van der Waals surface area contributed by atoms with E-state index in [2.05, 4.69) is 5.32 Å². The van der Waals surface area contributed by atoms with Crippen LogP contribution in [-0.2, 0) is 6.18 Å². The lowest BCUT2D eigenvalue weighted by Crippen LogP contribution is -2.40. The molecular formula is C28H27F3N4O3. The summed E-state index contributed by atoms with van der Waals surface area (Å²) in [5, 5.41) is 2.78. The van der Waals surface area contributed by atoms with Crippen LogP contribution in [0.2, 0.25) is 0 Å². The summed E-state index contributed by atoms with van der Waals surface area (Å²) in [6, 6.07) is 17.0. The first-order chi connectivity index (χ1) is 18.2. The third-order valence-corrected chi connectivity index (χ3v) is 6.12. The van der Waals surface area contributed by atoms with Gasteiger partial charge >= 0.3 is 12.2 Å². The number of fused-ring (bicyclic) bond motifs is 1. The fourth-order valence-electron chi connectivity index (χ4n) is 4.30. The Morgan fingerprint density at radius 1 is 1.03 bits per heavy atom. The number of ether oxygens (including phenoxy) is 1. The van der Waals surface area contributed by atoms with Gasteiger partial charge in [0.2, 0.25) is 0 Å². The summed E-state index contributed by atoms with van der Waals surface area (Å²) in [4.78, 5) is 32.9. The molecule has 3 aromatic carbocycles. The van der Waals surface area contributed by atoms with E-state index in [4.69, 9.17) is 9.72 Å². The molecule has 7 nitrogen and oxygen atoms in total. The Hall–Kier alpha value is -4.34. The molecule has 38 heavy (non-hydrogen) atoms. The topological polar surface area (TPSA) is 76.5 Å². The fraction of sp³-hybridized carbons (Fsp3) is 0.250. The van der Waals surface area contributed by atoms with E-state index < -0.39 is 23.8 Å². The van der Waals surface area contributed by atoms with Gasteiger partial charge in [-0.2, -0.15) is 13.2 Å². The van der Waals surface area contributed by atoms with Crippen molar-refractivity contribution in [1.29, 1.82) is 0 Å². The predicted molar refractivity (Wildman–Crippen MR) is 140 cm³/mol. The van der Waals surface area contributed by atoms with E-state index in [9.17, 15) is 22.8 Å². The molecule has 4 rings (SSSR count). The van der Waals surface area contributed by atoms with Gasteiger partial charge in [0, 0.05) is 6.54 Å². The van der Waals surface area contributed by atoms with Crippen molar-refractivity contribution in [1.82, 2.24) is 14.5 Å². The van der Waals surface area contributed by atoms with Gasteiger partial charge < -0.3 is 15.0 Å². The fourth-order valence-corrected chi connectivity index (χ4v) is 4.30. The number of alkyl halides is 3. The molecule has 0 spiro atoms. The van der Waals surface area contributed by atoms with Crippen molar-refractivity contribution in [3.8, 4) is 11.4 Å². The zero-order chi connectivity index (χ0) is 27.4. The lowest BCUT2D eigenvalue weighted by molar-refractivity contribution is -0.136. The van der Waals surface area contributed by atoms with Gasteiger partial charge in [-0.3, -0.25) is 9.36 Å². The second kappa shape index (κ2) is 11.0. The number of anilines is 1. The predicted octanol–water partition coefficient (Wildman–Crippen LogP) is 6.42. The molecule has 1 aromatic heterocycles. The SMILES string of the molecule is CCOc1ccc(-n2c(C(C)N(CC)C(=O)Nc3ccccc3C(F)(F)F)nc3ccccc3c2=O)cc1. The Bertz CT molecular complexity index is 1500. The van der Waals surface area contributed by atoms with Crippen molar-refractivity contribution in [2.24, 2.45) is 0 Å². The molecule has 1 heterocycles. The van der Waals surface area contributed by atoms with Crippen molar-refractivity contribution in [2.45, 2.75) is 33.0 Å². The molecule has 1 N–H and O–H groups in total. The molecule has 0 saturated heterocycles. The average molecular weight is 525 g/mol. The second-order valence-corrected chi connectivity index (χ2v) is 8.49. The van der Waals surface area contributed by atoms with E-state index in [0.717, 1.165) is 6.07 Å². The highest BCUT2D eigenvalue weighted by Crippen LogP contribution is 2.35. The summed E-state index contributed by atoms with van der Waals surface area (Å²) >= 11 is 0. The Morgan fingerprint density at radius 3 is 2.34 bits per heavy atom. The summed E-state index contributed by atoms with van der Waals surface area (Å²) in [7, 11) is 0. The van der Waals surface area contributed by atoms with Gasteiger partial charge in [0.1, 0.15) is 11.6 Å². The van der Waals surface area contributed by atoms with E-state index >= 15 is 0 Å². The first-order valence-electron chi connectivity index (χ1n) is 12.1. The third-order valence-electron chi connectivity index (χ3n) is 6.12. The first-order valence-corrected chi connectivity index (χ1v) is 12.1. The molecule has 0 bridgehead atoms. The molecule has 4 aromatic rings. The maximum absolute atomic E-state index is 13.6. The van der Waals surface area contributed by atoms with Crippen molar-refractivity contribution in [3.63, 3.8) is 0 Å². The highest BCUT2D eigenvalue weighted by atomic mass is 19.4. The molecule has 0 aliphatic rings. The number of hydrogen-bond acceptors (Lipinski definition) is 4. The van der Waals surface area contributed by atoms with Gasteiger partial charge in [0.25, 0.3) is 5.56 Å². The summed E-state index contributed by atoms with van der Waals surface area (Å²) in [6.07, 6.45) is -4.64. The number of amides is 2. The van der Waals surface area contributed by atoms with Crippen LogP contribution in [0, 0.1) is 0 Å². The van der Waals surface area contributed by atoms with Gasteiger partial charge in [-0.15, -0.1) is 0 Å². The molecule has 0 radical (unpaired) electrons. The van der Waals surface area contributed by atoms with Gasteiger partial charge in [-0.25, -0.2) is 9.78 Å². The minimum absolute atomic E-state index is 0.146. The lowest BCUT2D eigenvalue weighted by atomic mass is 10.1. The van der Waals surface area contributed by atoms with Crippen LogP contribution < -0.4 is 15.6 Å².